The molecule has 4 aliphatic rings. The Morgan fingerprint density at radius 3 is 2.35 bits per heavy atom. The summed E-state index contributed by atoms with van der Waals surface area (Å²) in [5, 5.41) is 33.9. The van der Waals surface area contributed by atoms with E-state index in [0.29, 0.717) is 48.2 Å². The second kappa shape index (κ2) is 11.0. The van der Waals surface area contributed by atoms with E-state index in [-0.39, 0.29) is 24.7 Å². The molecule has 4 rings (SSSR count). The summed E-state index contributed by atoms with van der Waals surface area (Å²) in [4.78, 5) is 2.17. The van der Waals surface area contributed by atoms with Crippen molar-refractivity contribution in [3.05, 3.63) is 0 Å². The summed E-state index contributed by atoms with van der Waals surface area (Å²) in [7, 11) is 2.13. The van der Waals surface area contributed by atoms with Gasteiger partial charge in [-0.3, -0.25) is 4.90 Å². The number of rotatable bonds is 10. The molecule has 34 heavy (non-hydrogen) atoms. The van der Waals surface area contributed by atoms with Gasteiger partial charge in [0.1, 0.15) is 0 Å². The Bertz CT molecular complexity index is 655. The first kappa shape index (κ1) is 26.9. The molecule has 5 nitrogen and oxygen atoms in total. The molecule has 0 heterocycles. The first-order valence-electron chi connectivity index (χ1n) is 14.6. The number of hydrogen-bond donors (Lipinski definition) is 4. The van der Waals surface area contributed by atoms with Crippen LogP contribution in [0.5, 0.6) is 0 Å². The number of nitrogens with one attached hydrogen (secondary N) is 1. The van der Waals surface area contributed by atoms with E-state index in [1.807, 2.05) is 0 Å². The largest absolute Gasteiger partial charge is 0.395 e. The summed E-state index contributed by atoms with van der Waals surface area (Å²) in [5.41, 5.74) is 0.493. The summed E-state index contributed by atoms with van der Waals surface area (Å²) in [5.74, 6) is 4.26. The first-order chi connectivity index (χ1) is 16.3. The molecule has 0 bridgehead atoms. The molecular weight excluding hydrogens is 424 g/mol. The maximum atomic E-state index is 11.8. The van der Waals surface area contributed by atoms with Gasteiger partial charge in [-0.1, -0.05) is 20.8 Å². The van der Waals surface area contributed by atoms with Gasteiger partial charge >= 0.3 is 0 Å². The number of fused-ring (bicyclic) bond motifs is 5. The molecule has 0 saturated heterocycles. The molecule has 0 aliphatic heterocycles. The molecule has 0 spiro atoms. The summed E-state index contributed by atoms with van der Waals surface area (Å²) >= 11 is 0. The maximum absolute atomic E-state index is 11.8. The predicted octanol–water partition coefficient (Wildman–Crippen LogP) is 3.91. The van der Waals surface area contributed by atoms with Gasteiger partial charge in [0.2, 0.25) is 0 Å². The van der Waals surface area contributed by atoms with Crippen molar-refractivity contribution in [3.8, 4) is 0 Å². The number of aliphatic hydroxyl groups excluding tert-OH is 3. The molecule has 10 atom stereocenters. The van der Waals surface area contributed by atoms with Crippen molar-refractivity contribution in [2.75, 3.05) is 39.9 Å². The van der Waals surface area contributed by atoms with E-state index in [9.17, 15) is 15.3 Å². The van der Waals surface area contributed by atoms with Crippen molar-refractivity contribution < 1.29 is 15.3 Å². The quantitative estimate of drug-likeness (QED) is 0.383. The molecular formula is C29H54N2O3. The number of hydrogen-bond acceptors (Lipinski definition) is 5. The molecule has 0 unspecified atom stereocenters. The Labute approximate surface area is 209 Å². The van der Waals surface area contributed by atoms with Crippen LogP contribution in [0.25, 0.3) is 0 Å². The summed E-state index contributed by atoms with van der Waals surface area (Å²) in [6, 6.07) is 0.691. The van der Waals surface area contributed by atoms with Crippen molar-refractivity contribution in [2.24, 2.45) is 46.3 Å². The highest BCUT2D eigenvalue weighted by Crippen LogP contribution is 2.68. The van der Waals surface area contributed by atoms with Crippen molar-refractivity contribution in [1.82, 2.24) is 10.2 Å². The van der Waals surface area contributed by atoms with Gasteiger partial charge in [-0.15, -0.1) is 0 Å². The van der Waals surface area contributed by atoms with E-state index >= 15 is 0 Å². The van der Waals surface area contributed by atoms with Crippen LogP contribution in [0.1, 0.15) is 85.0 Å². The summed E-state index contributed by atoms with van der Waals surface area (Å²) in [6.45, 7) is 10.0. The SMILES string of the molecule is CN[C@H]1CC[C@@]2(C)[C@H](CC[C@@H]3[C@@H]2C[C@H](O)[C@]2(C)[C@@H]([C@H](C)CCCN(CCO)CCO)CC[C@@H]32)C1. The van der Waals surface area contributed by atoms with Crippen molar-refractivity contribution in [2.45, 2.75) is 97.1 Å². The van der Waals surface area contributed by atoms with Gasteiger partial charge in [-0.25, -0.2) is 0 Å². The van der Waals surface area contributed by atoms with Crippen LogP contribution >= 0.6 is 0 Å². The molecule has 0 amide bonds. The number of nitrogens with zero attached hydrogens (tertiary/aromatic N) is 1. The molecule has 5 heteroatoms. The molecule has 4 fully saturated rings. The zero-order chi connectivity index (χ0) is 24.5. The molecule has 0 aromatic heterocycles. The van der Waals surface area contributed by atoms with Gasteiger partial charge in [0.05, 0.1) is 19.3 Å². The normalized spacial score (nSPS) is 45.0. The average Bonchev–Trinajstić information content (AvgIpc) is 3.18. The van der Waals surface area contributed by atoms with Crippen LogP contribution in [-0.4, -0.2) is 72.3 Å². The lowest BCUT2D eigenvalue weighted by Crippen LogP contribution is -2.59. The topological polar surface area (TPSA) is 76.0 Å². The average molecular weight is 479 g/mol. The van der Waals surface area contributed by atoms with Crippen LogP contribution in [0.4, 0.5) is 0 Å². The fourth-order valence-electron chi connectivity index (χ4n) is 9.90. The predicted molar refractivity (Wildman–Crippen MR) is 138 cm³/mol. The van der Waals surface area contributed by atoms with E-state index in [0.717, 1.165) is 31.2 Å². The highest BCUT2D eigenvalue weighted by atomic mass is 16.3. The fourth-order valence-corrected chi connectivity index (χ4v) is 9.90. The number of aliphatic hydroxyl groups is 3. The van der Waals surface area contributed by atoms with Crippen LogP contribution in [0.3, 0.4) is 0 Å². The zero-order valence-electron chi connectivity index (χ0n) is 22.5. The third-order valence-electron chi connectivity index (χ3n) is 11.9. The van der Waals surface area contributed by atoms with Crippen LogP contribution in [0.15, 0.2) is 0 Å². The van der Waals surface area contributed by atoms with Crippen molar-refractivity contribution >= 4 is 0 Å². The third-order valence-corrected chi connectivity index (χ3v) is 11.9. The van der Waals surface area contributed by atoms with E-state index in [1.165, 1.54) is 51.4 Å². The molecule has 4 saturated carbocycles. The van der Waals surface area contributed by atoms with E-state index in [4.69, 9.17) is 0 Å². The lowest BCUT2D eigenvalue weighted by molar-refractivity contribution is -0.169. The standard InChI is InChI=1S/C29H54N2O3/c1-20(6-5-13-31(14-16-32)15-17-33)24-9-10-25-23-8-7-21-18-22(30-4)11-12-28(21,2)26(23)19-27(34)29(24,25)3/h20-27,30,32-34H,5-19H2,1-4H3/t20-,21-,22+,23+,24-,25+,26+,27+,28+,29-/m1/s1. The highest BCUT2D eigenvalue weighted by molar-refractivity contribution is 5.12. The Morgan fingerprint density at radius 1 is 0.941 bits per heavy atom. The van der Waals surface area contributed by atoms with Crippen LogP contribution in [0.2, 0.25) is 0 Å². The lowest BCUT2D eigenvalue weighted by atomic mass is 9.43. The summed E-state index contributed by atoms with van der Waals surface area (Å²) < 4.78 is 0. The lowest BCUT2D eigenvalue weighted by Gasteiger charge is -2.62. The van der Waals surface area contributed by atoms with Crippen molar-refractivity contribution in [3.63, 3.8) is 0 Å². The Hall–Kier alpha value is -0.200. The molecule has 4 aliphatic carbocycles. The molecule has 4 N–H and O–H groups in total. The zero-order valence-corrected chi connectivity index (χ0v) is 22.5. The minimum absolute atomic E-state index is 0.0713. The van der Waals surface area contributed by atoms with E-state index in [2.05, 4.69) is 38.0 Å². The minimum Gasteiger partial charge on any atom is -0.395 e. The molecule has 0 aromatic rings. The van der Waals surface area contributed by atoms with Gasteiger partial charge in [-0.05, 0) is 124 Å². The summed E-state index contributed by atoms with van der Waals surface area (Å²) in [6.07, 6.45) is 12.5. The van der Waals surface area contributed by atoms with Gasteiger partial charge in [0.15, 0.2) is 0 Å². The maximum Gasteiger partial charge on any atom is 0.0602 e. The monoisotopic (exact) mass is 478 g/mol. The van der Waals surface area contributed by atoms with Gasteiger partial charge in [0, 0.05) is 19.1 Å². The van der Waals surface area contributed by atoms with Gasteiger partial charge < -0.3 is 20.6 Å². The Morgan fingerprint density at radius 2 is 1.68 bits per heavy atom. The Kier molecular flexibility index (Phi) is 8.72. The molecule has 0 aromatic carbocycles. The molecule has 198 valence electrons. The van der Waals surface area contributed by atoms with Crippen molar-refractivity contribution in [1.29, 1.82) is 0 Å². The highest BCUT2D eigenvalue weighted by Gasteiger charge is 2.63. The van der Waals surface area contributed by atoms with Crippen LogP contribution in [-0.2, 0) is 0 Å². The van der Waals surface area contributed by atoms with Gasteiger partial charge in [-0.2, -0.15) is 0 Å². The smallest absolute Gasteiger partial charge is 0.0602 e. The van der Waals surface area contributed by atoms with E-state index < -0.39 is 0 Å². The fraction of sp³-hybridized carbons (Fsp3) is 1.00. The van der Waals surface area contributed by atoms with Crippen LogP contribution in [0, 0.1) is 46.3 Å². The Balaban J connectivity index is 1.42. The second-order valence-corrected chi connectivity index (χ2v) is 13.1. The third kappa shape index (κ3) is 4.74. The van der Waals surface area contributed by atoms with E-state index in [1.54, 1.807) is 0 Å². The molecule has 0 radical (unpaired) electrons. The first-order valence-corrected chi connectivity index (χ1v) is 14.6. The second-order valence-electron chi connectivity index (χ2n) is 13.1. The minimum atomic E-state index is -0.161. The van der Waals surface area contributed by atoms with Crippen LogP contribution < -0.4 is 5.32 Å². The van der Waals surface area contributed by atoms with Gasteiger partial charge in [0.25, 0.3) is 0 Å².